The highest BCUT2D eigenvalue weighted by Gasteiger charge is 2.21. The molecule has 0 aromatic heterocycles. The smallest absolute Gasteiger partial charge is 0.318 e. The summed E-state index contributed by atoms with van der Waals surface area (Å²) in [6.45, 7) is 1.74. The first-order chi connectivity index (χ1) is 10.9. The topological polar surface area (TPSA) is 113 Å². The number of ketones is 1. The van der Waals surface area contributed by atoms with Gasteiger partial charge in [0.05, 0.1) is 15.9 Å². The predicted molar refractivity (Wildman–Crippen MR) is 80.9 cm³/mol. The Morgan fingerprint density at radius 2 is 1.70 bits per heavy atom. The molecule has 2 aromatic rings. The maximum absolute atomic E-state index is 11.5. The van der Waals surface area contributed by atoms with Gasteiger partial charge in [0.15, 0.2) is 5.78 Å². The molecule has 0 radical (unpaired) electrons. The van der Waals surface area contributed by atoms with E-state index in [0.717, 1.165) is 12.1 Å². The lowest BCUT2D eigenvalue weighted by Gasteiger charge is -2.07. The van der Waals surface area contributed by atoms with E-state index in [4.69, 9.17) is 4.74 Å². The second-order valence-electron chi connectivity index (χ2n) is 4.57. The minimum Gasteiger partial charge on any atom is -0.450 e. The Morgan fingerprint density at radius 3 is 2.22 bits per heavy atom. The fourth-order valence-corrected chi connectivity index (χ4v) is 1.89. The van der Waals surface area contributed by atoms with Gasteiger partial charge in [0.2, 0.25) is 5.75 Å². The lowest BCUT2D eigenvalue weighted by molar-refractivity contribution is -0.394. The van der Waals surface area contributed by atoms with E-state index < -0.39 is 21.2 Å². The molecule has 0 amide bonds. The highest BCUT2D eigenvalue weighted by molar-refractivity contribution is 5.95. The van der Waals surface area contributed by atoms with E-state index in [9.17, 15) is 25.0 Å². The Kier molecular flexibility index (Phi) is 4.65. The fraction of sp³-hybridized carbons (Fsp3) is 0.133. The van der Waals surface area contributed by atoms with Crippen LogP contribution in [0.4, 0.5) is 11.4 Å². The summed E-state index contributed by atoms with van der Waals surface area (Å²) >= 11 is 0. The van der Waals surface area contributed by atoms with Crippen molar-refractivity contribution >= 4 is 17.2 Å². The molecule has 0 saturated carbocycles. The predicted octanol–water partition coefficient (Wildman–Crippen LogP) is 3.89. The summed E-state index contributed by atoms with van der Waals surface area (Å²) in [5, 5.41) is 21.7. The molecule has 0 spiro atoms. The van der Waals surface area contributed by atoms with Gasteiger partial charge in [-0.15, -0.1) is 0 Å². The van der Waals surface area contributed by atoms with Crippen molar-refractivity contribution in [2.75, 3.05) is 0 Å². The van der Waals surface area contributed by atoms with Gasteiger partial charge in [-0.05, 0) is 30.3 Å². The molecular weight excluding hydrogens is 304 g/mol. The Bertz CT molecular complexity index is 770. The largest absolute Gasteiger partial charge is 0.450 e. The normalized spacial score (nSPS) is 10.1. The Balaban J connectivity index is 2.30. The van der Waals surface area contributed by atoms with Crippen LogP contribution < -0.4 is 4.74 Å². The van der Waals surface area contributed by atoms with Gasteiger partial charge in [-0.3, -0.25) is 25.0 Å². The molecule has 0 saturated heterocycles. The zero-order valence-electron chi connectivity index (χ0n) is 12.1. The highest BCUT2D eigenvalue weighted by Crippen LogP contribution is 2.34. The Hall–Kier alpha value is -3.29. The third-order valence-electron chi connectivity index (χ3n) is 3.08. The number of hydrogen-bond acceptors (Lipinski definition) is 6. The number of non-ortho nitro benzene ring substituents is 1. The van der Waals surface area contributed by atoms with E-state index in [2.05, 4.69) is 0 Å². The number of carbonyl (C=O) groups excluding carboxylic acids is 1. The number of nitro groups is 2. The monoisotopic (exact) mass is 316 g/mol. The third kappa shape index (κ3) is 3.67. The number of Topliss-reactive ketones (excluding diaryl/α,β-unsaturated/α-hetero) is 1. The van der Waals surface area contributed by atoms with Crippen LogP contribution in [0.1, 0.15) is 23.7 Å². The molecule has 0 atom stereocenters. The molecule has 118 valence electrons. The fourth-order valence-electron chi connectivity index (χ4n) is 1.89. The zero-order chi connectivity index (χ0) is 17.0. The van der Waals surface area contributed by atoms with E-state index in [-0.39, 0.29) is 17.3 Å². The van der Waals surface area contributed by atoms with Crippen molar-refractivity contribution in [2.45, 2.75) is 13.3 Å². The molecule has 0 N–H and O–H groups in total. The summed E-state index contributed by atoms with van der Waals surface area (Å²) in [6, 6.07) is 9.25. The van der Waals surface area contributed by atoms with Crippen LogP contribution in [0, 0.1) is 20.2 Å². The number of benzene rings is 2. The van der Waals surface area contributed by atoms with Crippen molar-refractivity contribution in [1.29, 1.82) is 0 Å². The lowest BCUT2D eigenvalue weighted by atomic mass is 10.1. The molecule has 2 rings (SSSR count). The summed E-state index contributed by atoms with van der Waals surface area (Å²) in [4.78, 5) is 31.8. The molecule has 0 aliphatic heterocycles. The average Bonchev–Trinajstić information content (AvgIpc) is 2.54. The van der Waals surface area contributed by atoms with Crippen LogP contribution >= 0.6 is 0 Å². The summed E-state index contributed by atoms with van der Waals surface area (Å²) in [5.74, 6) is 0.141. The SMILES string of the molecule is CCC(=O)c1ccc(Oc2ccc([N+](=O)[O-])cc2[N+](=O)[O-])cc1. The van der Waals surface area contributed by atoms with Gasteiger partial charge in [0, 0.05) is 18.1 Å². The summed E-state index contributed by atoms with van der Waals surface area (Å²) in [6.07, 6.45) is 0.369. The second kappa shape index (κ2) is 6.65. The van der Waals surface area contributed by atoms with Gasteiger partial charge in [-0.1, -0.05) is 6.92 Å². The van der Waals surface area contributed by atoms with Crippen LogP contribution in [0.25, 0.3) is 0 Å². The van der Waals surface area contributed by atoms with Crippen LogP contribution in [0.15, 0.2) is 42.5 Å². The molecule has 0 heterocycles. The van der Waals surface area contributed by atoms with Gasteiger partial charge in [-0.25, -0.2) is 0 Å². The maximum atomic E-state index is 11.5. The van der Waals surface area contributed by atoms with Crippen molar-refractivity contribution < 1.29 is 19.4 Å². The quantitative estimate of drug-likeness (QED) is 0.454. The van der Waals surface area contributed by atoms with E-state index in [0.29, 0.717) is 12.0 Å². The van der Waals surface area contributed by atoms with Gasteiger partial charge < -0.3 is 4.74 Å². The number of hydrogen-bond donors (Lipinski definition) is 0. The second-order valence-corrected chi connectivity index (χ2v) is 4.57. The van der Waals surface area contributed by atoms with E-state index >= 15 is 0 Å². The van der Waals surface area contributed by atoms with Crippen molar-refractivity contribution in [1.82, 2.24) is 0 Å². The first kappa shape index (κ1) is 16.1. The zero-order valence-corrected chi connectivity index (χ0v) is 12.1. The minimum atomic E-state index is -0.753. The van der Waals surface area contributed by atoms with Crippen LogP contribution in [0.3, 0.4) is 0 Å². The van der Waals surface area contributed by atoms with Crippen LogP contribution in [-0.4, -0.2) is 15.6 Å². The van der Waals surface area contributed by atoms with Crippen molar-refractivity contribution in [3.05, 3.63) is 68.3 Å². The Labute approximate surface area is 130 Å². The maximum Gasteiger partial charge on any atom is 0.318 e. The summed E-state index contributed by atoms with van der Waals surface area (Å²) in [5.41, 5.74) is -0.390. The highest BCUT2D eigenvalue weighted by atomic mass is 16.6. The van der Waals surface area contributed by atoms with Gasteiger partial charge in [0.25, 0.3) is 5.69 Å². The molecule has 0 aliphatic carbocycles. The first-order valence-corrected chi connectivity index (χ1v) is 6.66. The third-order valence-corrected chi connectivity index (χ3v) is 3.08. The van der Waals surface area contributed by atoms with Gasteiger partial charge in [-0.2, -0.15) is 0 Å². The standard InChI is InChI=1S/C15H12N2O6/c1-2-14(18)10-3-6-12(7-4-10)23-15-8-5-11(16(19)20)9-13(15)17(21)22/h3-9H,2H2,1H3. The van der Waals surface area contributed by atoms with Crippen LogP contribution in [0.2, 0.25) is 0 Å². The molecular formula is C15H12N2O6. The average molecular weight is 316 g/mol. The van der Waals surface area contributed by atoms with Gasteiger partial charge >= 0.3 is 5.69 Å². The summed E-state index contributed by atoms with van der Waals surface area (Å²) < 4.78 is 5.40. The van der Waals surface area contributed by atoms with Crippen LogP contribution in [0.5, 0.6) is 11.5 Å². The molecule has 23 heavy (non-hydrogen) atoms. The molecule has 0 unspecified atom stereocenters. The first-order valence-electron chi connectivity index (χ1n) is 6.66. The number of nitro benzene ring substituents is 2. The Morgan fingerprint density at radius 1 is 1.04 bits per heavy atom. The van der Waals surface area contributed by atoms with E-state index in [1.165, 1.54) is 18.2 Å². The number of nitrogens with zero attached hydrogens (tertiary/aromatic N) is 2. The molecule has 0 bridgehead atoms. The van der Waals surface area contributed by atoms with Crippen LogP contribution in [-0.2, 0) is 0 Å². The number of rotatable bonds is 6. The van der Waals surface area contributed by atoms with E-state index in [1.54, 1.807) is 19.1 Å². The van der Waals surface area contributed by atoms with E-state index in [1.807, 2.05) is 0 Å². The molecule has 2 aromatic carbocycles. The molecule has 8 heteroatoms. The van der Waals surface area contributed by atoms with Gasteiger partial charge in [0.1, 0.15) is 5.75 Å². The summed E-state index contributed by atoms with van der Waals surface area (Å²) in [7, 11) is 0. The molecule has 0 fully saturated rings. The number of carbonyl (C=O) groups is 1. The molecule has 0 aliphatic rings. The lowest BCUT2D eigenvalue weighted by Crippen LogP contribution is -1.97. The molecule has 8 nitrogen and oxygen atoms in total. The van der Waals surface area contributed by atoms with Crippen molar-refractivity contribution in [3.8, 4) is 11.5 Å². The number of ether oxygens (including phenoxy) is 1. The van der Waals surface area contributed by atoms with Crippen molar-refractivity contribution in [2.24, 2.45) is 0 Å². The minimum absolute atomic E-state index is 0.0298. The van der Waals surface area contributed by atoms with Crippen molar-refractivity contribution in [3.63, 3.8) is 0 Å².